The molecule has 0 radical (unpaired) electrons. The van der Waals surface area contributed by atoms with Crippen LogP contribution in [-0.2, 0) is 7.05 Å². The van der Waals surface area contributed by atoms with Crippen molar-refractivity contribution < 1.29 is 9.79 Å². The van der Waals surface area contributed by atoms with E-state index in [4.69, 9.17) is 11.6 Å². The fraction of sp³-hybridized carbons (Fsp3) is 0.417. The van der Waals surface area contributed by atoms with Gasteiger partial charge in [0.2, 0.25) is 6.20 Å². The summed E-state index contributed by atoms with van der Waals surface area (Å²) in [5.74, 6) is 0.177. The molecule has 4 heteroatoms. The molecule has 1 N–H and O–H groups in total. The summed E-state index contributed by atoms with van der Waals surface area (Å²) >= 11 is 6.14. The molecule has 3 nitrogen and oxygen atoms in total. The molecule has 1 aromatic heterocycles. The maximum Gasteiger partial charge on any atom is 0.204 e. The van der Waals surface area contributed by atoms with Crippen molar-refractivity contribution in [2.75, 3.05) is 0 Å². The third-order valence-corrected chi connectivity index (χ3v) is 3.22. The minimum Gasteiger partial charge on any atom is -0.506 e. The molecule has 0 saturated carbocycles. The first kappa shape index (κ1) is 11.3. The SMILES string of the molecule is Cc1cc2c(c[n+](C)n2C(C)C)c(Cl)c1O. The van der Waals surface area contributed by atoms with E-state index in [0.717, 1.165) is 16.5 Å². The fourth-order valence-electron chi connectivity index (χ4n) is 2.14. The number of aromatic hydroxyl groups is 1. The number of phenolic OH excluding ortho intramolecular Hbond substituents is 1. The van der Waals surface area contributed by atoms with Gasteiger partial charge in [-0.3, -0.25) is 0 Å². The van der Waals surface area contributed by atoms with E-state index in [1.165, 1.54) is 0 Å². The van der Waals surface area contributed by atoms with Crippen LogP contribution >= 0.6 is 11.6 Å². The van der Waals surface area contributed by atoms with Gasteiger partial charge in [0.1, 0.15) is 11.3 Å². The zero-order valence-electron chi connectivity index (χ0n) is 9.95. The predicted octanol–water partition coefficient (Wildman–Crippen LogP) is 2.71. The number of fused-ring (bicyclic) bond motifs is 1. The van der Waals surface area contributed by atoms with Gasteiger partial charge in [-0.15, -0.1) is 4.68 Å². The Morgan fingerprint density at radius 1 is 1.44 bits per heavy atom. The molecular formula is C12H16ClN2O+. The van der Waals surface area contributed by atoms with Crippen LogP contribution in [0.3, 0.4) is 0 Å². The lowest BCUT2D eigenvalue weighted by molar-refractivity contribution is -0.753. The maximum atomic E-state index is 9.79. The van der Waals surface area contributed by atoms with Gasteiger partial charge in [0.25, 0.3) is 0 Å². The maximum absolute atomic E-state index is 9.79. The fourth-order valence-corrected chi connectivity index (χ4v) is 2.43. The molecule has 0 aliphatic rings. The molecule has 0 bridgehead atoms. The highest BCUT2D eigenvalue weighted by atomic mass is 35.5. The molecule has 0 spiro atoms. The first-order valence-corrected chi connectivity index (χ1v) is 5.70. The molecule has 0 fully saturated rings. The lowest BCUT2D eigenvalue weighted by Crippen LogP contribution is -2.39. The number of benzene rings is 1. The Morgan fingerprint density at radius 3 is 2.62 bits per heavy atom. The van der Waals surface area contributed by atoms with Gasteiger partial charge in [-0.25, -0.2) is 0 Å². The van der Waals surface area contributed by atoms with E-state index in [1.807, 2.05) is 30.9 Å². The third-order valence-electron chi connectivity index (χ3n) is 2.84. The molecule has 0 unspecified atom stereocenters. The van der Waals surface area contributed by atoms with E-state index in [0.29, 0.717) is 11.1 Å². The Morgan fingerprint density at radius 2 is 2.06 bits per heavy atom. The van der Waals surface area contributed by atoms with E-state index in [2.05, 4.69) is 18.5 Å². The Balaban J connectivity index is 2.91. The molecule has 0 saturated heterocycles. The summed E-state index contributed by atoms with van der Waals surface area (Å²) in [5.41, 5.74) is 1.86. The Kier molecular flexibility index (Phi) is 2.58. The summed E-state index contributed by atoms with van der Waals surface area (Å²) in [6.07, 6.45) is 1.94. The highest BCUT2D eigenvalue weighted by molar-refractivity contribution is 6.36. The van der Waals surface area contributed by atoms with Gasteiger partial charge in [0, 0.05) is 0 Å². The summed E-state index contributed by atoms with van der Waals surface area (Å²) < 4.78 is 4.15. The van der Waals surface area contributed by atoms with Crippen LogP contribution in [0.4, 0.5) is 0 Å². The number of halogens is 1. The molecule has 86 valence electrons. The number of phenols is 1. The molecule has 2 aromatic rings. The lowest BCUT2D eigenvalue weighted by atomic mass is 10.1. The number of nitrogens with zero attached hydrogens (tertiary/aromatic N) is 2. The van der Waals surface area contributed by atoms with Crippen molar-refractivity contribution in [3.63, 3.8) is 0 Å². The molecular weight excluding hydrogens is 224 g/mol. The third kappa shape index (κ3) is 1.47. The smallest absolute Gasteiger partial charge is 0.204 e. The van der Waals surface area contributed by atoms with Crippen LogP contribution < -0.4 is 4.68 Å². The van der Waals surface area contributed by atoms with E-state index >= 15 is 0 Å². The normalized spacial score (nSPS) is 11.6. The number of rotatable bonds is 1. The number of hydrogen-bond acceptors (Lipinski definition) is 1. The standard InChI is InChI=1S/C12H15ClN2O/c1-7(2)15-10-5-8(3)12(16)11(13)9(10)6-14(15)4/h5-7H,1-4H3/p+1. The topological polar surface area (TPSA) is 29.0 Å². The van der Waals surface area contributed by atoms with Crippen molar-refractivity contribution in [2.24, 2.45) is 7.05 Å². The van der Waals surface area contributed by atoms with Crippen LogP contribution in [0.1, 0.15) is 25.5 Å². The summed E-state index contributed by atoms with van der Waals surface area (Å²) in [6.45, 7) is 6.10. The minimum absolute atomic E-state index is 0.177. The van der Waals surface area contributed by atoms with Gasteiger partial charge in [0.15, 0.2) is 7.05 Å². The van der Waals surface area contributed by atoms with Crippen molar-refractivity contribution >= 4 is 22.5 Å². The molecule has 0 amide bonds. The van der Waals surface area contributed by atoms with Crippen LogP contribution in [0.5, 0.6) is 5.75 Å². The molecule has 0 aliphatic heterocycles. The van der Waals surface area contributed by atoms with Gasteiger partial charge >= 0.3 is 0 Å². The number of hydrogen-bond donors (Lipinski definition) is 1. The van der Waals surface area contributed by atoms with Crippen LogP contribution in [0.25, 0.3) is 10.9 Å². The average molecular weight is 240 g/mol. The first-order chi connectivity index (χ1) is 7.43. The van der Waals surface area contributed by atoms with E-state index in [-0.39, 0.29) is 5.75 Å². The highest BCUT2D eigenvalue weighted by Gasteiger charge is 2.20. The van der Waals surface area contributed by atoms with Crippen molar-refractivity contribution in [2.45, 2.75) is 26.8 Å². The highest BCUT2D eigenvalue weighted by Crippen LogP contribution is 2.35. The molecule has 0 aliphatic carbocycles. The Labute approximate surface area is 99.9 Å². The largest absolute Gasteiger partial charge is 0.506 e. The second kappa shape index (κ2) is 3.67. The van der Waals surface area contributed by atoms with Crippen molar-refractivity contribution in [3.05, 3.63) is 22.8 Å². The van der Waals surface area contributed by atoms with Gasteiger partial charge < -0.3 is 5.11 Å². The van der Waals surface area contributed by atoms with E-state index in [1.54, 1.807) is 0 Å². The van der Waals surface area contributed by atoms with Crippen LogP contribution in [0, 0.1) is 6.92 Å². The van der Waals surface area contributed by atoms with Gasteiger partial charge in [0.05, 0.1) is 16.5 Å². The van der Waals surface area contributed by atoms with Crippen molar-refractivity contribution in [1.29, 1.82) is 0 Å². The second-order valence-electron chi connectivity index (χ2n) is 4.43. The second-order valence-corrected chi connectivity index (χ2v) is 4.81. The molecule has 2 rings (SSSR count). The van der Waals surface area contributed by atoms with Crippen LogP contribution in [-0.4, -0.2) is 9.79 Å². The van der Waals surface area contributed by atoms with Crippen LogP contribution in [0.2, 0.25) is 5.02 Å². The summed E-state index contributed by atoms with van der Waals surface area (Å²) in [4.78, 5) is 0. The quantitative estimate of drug-likeness (QED) is 0.762. The van der Waals surface area contributed by atoms with E-state index in [9.17, 15) is 5.11 Å². The van der Waals surface area contributed by atoms with E-state index < -0.39 is 0 Å². The predicted molar refractivity (Wildman–Crippen MR) is 64.9 cm³/mol. The zero-order chi connectivity index (χ0) is 12.0. The van der Waals surface area contributed by atoms with Crippen LogP contribution in [0.15, 0.2) is 12.3 Å². The van der Waals surface area contributed by atoms with Gasteiger partial charge in [-0.2, -0.15) is 4.68 Å². The monoisotopic (exact) mass is 239 g/mol. The van der Waals surface area contributed by atoms with Gasteiger partial charge in [-0.05, 0) is 32.4 Å². The first-order valence-electron chi connectivity index (χ1n) is 5.32. The lowest BCUT2D eigenvalue weighted by Gasteiger charge is -2.07. The molecule has 1 heterocycles. The summed E-state index contributed by atoms with van der Waals surface area (Å²) in [6, 6.07) is 2.32. The minimum atomic E-state index is 0.177. The van der Waals surface area contributed by atoms with Crippen molar-refractivity contribution in [1.82, 2.24) is 4.68 Å². The summed E-state index contributed by atoms with van der Waals surface area (Å²) in [5, 5.41) is 11.1. The number of aromatic nitrogens is 2. The zero-order valence-corrected chi connectivity index (χ0v) is 10.7. The van der Waals surface area contributed by atoms with Gasteiger partial charge in [-0.1, -0.05) is 11.6 Å². The molecule has 16 heavy (non-hydrogen) atoms. The van der Waals surface area contributed by atoms with Crippen molar-refractivity contribution in [3.8, 4) is 5.75 Å². The molecule has 0 atom stereocenters. The Bertz CT molecular complexity index is 558. The summed E-state index contributed by atoms with van der Waals surface area (Å²) in [7, 11) is 1.97. The average Bonchev–Trinajstić information content (AvgIpc) is 2.51. The molecule has 1 aromatic carbocycles. The Hall–Kier alpha value is -1.22. The number of aryl methyl sites for hydroxylation is 2.